The predicted octanol–water partition coefficient (Wildman–Crippen LogP) is 5.08. The van der Waals surface area contributed by atoms with Gasteiger partial charge < -0.3 is 10.1 Å². The topological polar surface area (TPSA) is 21.3 Å². The Morgan fingerprint density at radius 3 is 2.47 bits per heavy atom. The molecule has 0 saturated carbocycles. The molecule has 19 heavy (non-hydrogen) atoms. The number of hydrogen-bond acceptors (Lipinski definition) is 2. The molecule has 0 aliphatic rings. The lowest BCUT2D eigenvalue weighted by atomic mass is 10.2. The fourth-order valence-electron chi connectivity index (χ4n) is 2.06. The summed E-state index contributed by atoms with van der Waals surface area (Å²) in [5, 5.41) is 3.49. The van der Waals surface area contributed by atoms with E-state index in [-0.39, 0.29) is 0 Å². The number of nitrogens with one attached hydrogen (secondary N) is 1. The molecule has 2 rings (SSSR count). The van der Waals surface area contributed by atoms with Crippen molar-refractivity contribution in [1.82, 2.24) is 0 Å². The van der Waals surface area contributed by atoms with E-state index in [1.54, 1.807) is 0 Å². The summed E-state index contributed by atoms with van der Waals surface area (Å²) in [6.07, 6.45) is 2.36. The lowest BCUT2D eigenvalue weighted by molar-refractivity contribution is 0.483. The zero-order chi connectivity index (χ0) is 13.5. The van der Waals surface area contributed by atoms with Crippen LogP contribution >= 0.6 is 0 Å². The van der Waals surface area contributed by atoms with E-state index < -0.39 is 0 Å². The summed E-state index contributed by atoms with van der Waals surface area (Å²) in [4.78, 5) is 0. The van der Waals surface area contributed by atoms with Crippen LogP contribution in [0.15, 0.2) is 54.6 Å². The minimum Gasteiger partial charge on any atom is -0.457 e. The van der Waals surface area contributed by atoms with Gasteiger partial charge >= 0.3 is 0 Å². The van der Waals surface area contributed by atoms with Gasteiger partial charge in [-0.15, -0.1) is 0 Å². The average molecular weight is 255 g/mol. The Balaban J connectivity index is 2.03. The van der Waals surface area contributed by atoms with Crippen LogP contribution in [-0.2, 0) is 0 Å². The lowest BCUT2D eigenvalue weighted by Crippen LogP contribution is -2.14. The zero-order valence-electron chi connectivity index (χ0n) is 11.6. The van der Waals surface area contributed by atoms with Gasteiger partial charge in [-0.05, 0) is 37.6 Å². The molecule has 0 radical (unpaired) electrons. The summed E-state index contributed by atoms with van der Waals surface area (Å²) in [5.74, 6) is 1.72. The van der Waals surface area contributed by atoms with Gasteiger partial charge in [0.1, 0.15) is 11.5 Å². The van der Waals surface area contributed by atoms with Gasteiger partial charge in [-0.25, -0.2) is 0 Å². The van der Waals surface area contributed by atoms with E-state index in [0.29, 0.717) is 6.04 Å². The molecule has 0 aliphatic carbocycles. The van der Waals surface area contributed by atoms with Crippen molar-refractivity contribution in [2.75, 3.05) is 5.32 Å². The van der Waals surface area contributed by atoms with Crippen LogP contribution in [0.25, 0.3) is 0 Å². The van der Waals surface area contributed by atoms with Gasteiger partial charge in [-0.3, -0.25) is 0 Å². The van der Waals surface area contributed by atoms with Crippen LogP contribution in [0.4, 0.5) is 5.69 Å². The maximum atomic E-state index is 5.82. The molecule has 100 valence electrons. The number of para-hydroxylation sites is 1. The molecule has 1 atom stereocenters. The maximum absolute atomic E-state index is 5.82. The largest absolute Gasteiger partial charge is 0.457 e. The summed E-state index contributed by atoms with van der Waals surface area (Å²) in [6.45, 7) is 4.40. The summed E-state index contributed by atoms with van der Waals surface area (Å²) in [6, 6.07) is 18.4. The molecule has 1 unspecified atom stereocenters. The van der Waals surface area contributed by atoms with Crippen molar-refractivity contribution in [1.29, 1.82) is 0 Å². The first-order valence-electron chi connectivity index (χ1n) is 6.87. The van der Waals surface area contributed by atoms with Gasteiger partial charge in [-0.1, -0.05) is 37.6 Å². The Labute approximate surface area is 115 Å². The molecule has 0 fully saturated rings. The molecule has 0 bridgehead atoms. The maximum Gasteiger partial charge on any atom is 0.129 e. The summed E-state index contributed by atoms with van der Waals surface area (Å²) in [7, 11) is 0. The molecule has 2 nitrogen and oxygen atoms in total. The van der Waals surface area contributed by atoms with Crippen LogP contribution in [0, 0.1) is 0 Å². The molecular weight excluding hydrogens is 234 g/mol. The van der Waals surface area contributed by atoms with E-state index in [0.717, 1.165) is 17.2 Å². The second kappa shape index (κ2) is 6.83. The van der Waals surface area contributed by atoms with Gasteiger partial charge in [0.2, 0.25) is 0 Å². The molecule has 2 aromatic carbocycles. The van der Waals surface area contributed by atoms with Crippen LogP contribution in [-0.4, -0.2) is 6.04 Å². The van der Waals surface area contributed by atoms with Gasteiger partial charge in [0.25, 0.3) is 0 Å². The van der Waals surface area contributed by atoms with Crippen molar-refractivity contribution in [2.24, 2.45) is 0 Å². The van der Waals surface area contributed by atoms with E-state index in [9.17, 15) is 0 Å². The predicted molar refractivity (Wildman–Crippen MR) is 81.0 cm³/mol. The van der Waals surface area contributed by atoms with Gasteiger partial charge in [-0.2, -0.15) is 0 Å². The monoisotopic (exact) mass is 255 g/mol. The van der Waals surface area contributed by atoms with Crippen molar-refractivity contribution < 1.29 is 4.74 Å². The van der Waals surface area contributed by atoms with Crippen molar-refractivity contribution in [3.05, 3.63) is 54.6 Å². The third-order valence-electron chi connectivity index (χ3n) is 2.95. The Morgan fingerprint density at radius 1 is 1.00 bits per heavy atom. The van der Waals surface area contributed by atoms with Crippen LogP contribution in [0.1, 0.15) is 26.7 Å². The van der Waals surface area contributed by atoms with Crippen LogP contribution in [0.2, 0.25) is 0 Å². The number of anilines is 1. The minimum absolute atomic E-state index is 0.483. The molecular formula is C17H21NO. The van der Waals surface area contributed by atoms with Crippen LogP contribution in [0.5, 0.6) is 11.5 Å². The fraction of sp³-hybridized carbons (Fsp3) is 0.294. The zero-order valence-corrected chi connectivity index (χ0v) is 11.6. The highest BCUT2D eigenvalue weighted by Crippen LogP contribution is 2.24. The van der Waals surface area contributed by atoms with Crippen LogP contribution < -0.4 is 10.1 Å². The average Bonchev–Trinajstić information content (AvgIpc) is 2.40. The molecule has 0 heterocycles. The normalized spacial score (nSPS) is 11.9. The first kappa shape index (κ1) is 13.5. The molecule has 0 aromatic heterocycles. The first-order chi connectivity index (χ1) is 9.28. The van der Waals surface area contributed by atoms with Gasteiger partial charge in [0, 0.05) is 17.8 Å². The first-order valence-corrected chi connectivity index (χ1v) is 6.87. The molecule has 0 spiro atoms. The lowest BCUT2D eigenvalue weighted by Gasteiger charge is -2.15. The standard InChI is InChI=1S/C17H21NO/c1-3-8-14(2)18-15-9-7-12-17(13-15)19-16-10-5-4-6-11-16/h4-7,9-14,18H,3,8H2,1-2H3. The van der Waals surface area contributed by atoms with Crippen molar-refractivity contribution in [2.45, 2.75) is 32.7 Å². The summed E-state index contributed by atoms with van der Waals surface area (Å²) in [5.41, 5.74) is 1.11. The third kappa shape index (κ3) is 4.32. The fourth-order valence-corrected chi connectivity index (χ4v) is 2.06. The molecule has 2 heteroatoms. The second-order valence-electron chi connectivity index (χ2n) is 4.78. The Morgan fingerprint density at radius 2 is 1.74 bits per heavy atom. The number of ether oxygens (including phenoxy) is 1. The summed E-state index contributed by atoms with van der Waals surface area (Å²) >= 11 is 0. The van der Waals surface area contributed by atoms with E-state index >= 15 is 0 Å². The smallest absolute Gasteiger partial charge is 0.129 e. The number of benzene rings is 2. The highest BCUT2D eigenvalue weighted by molar-refractivity contribution is 5.49. The van der Waals surface area contributed by atoms with Gasteiger partial charge in [0.15, 0.2) is 0 Å². The van der Waals surface area contributed by atoms with Crippen molar-refractivity contribution in [3.63, 3.8) is 0 Å². The quantitative estimate of drug-likeness (QED) is 0.777. The Hall–Kier alpha value is -1.96. The third-order valence-corrected chi connectivity index (χ3v) is 2.95. The number of hydrogen-bond donors (Lipinski definition) is 1. The number of rotatable bonds is 6. The molecule has 0 saturated heterocycles. The van der Waals surface area contributed by atoms with Gasteiger partial charge in [0.05, 0.1) is 0 Å². The Kier molecular flexibility index (Phi) is 4.85. The van der Waals surface area contributed by atoms with E-state index in [2.05, 4.69) is 25.2 Å². The highest BCUT2D eigenvalue weighted by atomic mass is 16.5. The summed E-state index contributed by atoms with van der Waals surface area (Å²) < 4.78 is 5.82. The second-order valence-corrected chi connectivity index (χ2v) is 4.78. The van der Waals surface area contributed by atoms with Crippen molar-refractivity contribution >= 4 is 5.69 Å². The molecule has 1 N–H and O–H groups in total. The van der Waals surface area contributed by atoms with Crippen LogP contribution in [0.3, 0.4) is 0 Å². The molecule has 2 aromatic rings. The van der Waals surface area contributed by atoms with Crippen molar-refractivity contribution in [3.8, 4) is 11.5 Å². The highest BCUT2D eigenvalue weighted by Gasteiger charge is 2.02. The van der Waals surface area contributed by atoms with E-state index in [1.807, 2.05) is 48.5 Å². The molecule has 0 amide bonds. The van der Waals surface area contributed by atoms with E-state index in [4.69, 9.17) is 4.74 Å². The SMILES string of the molecule is CCCC(C)Nc1cccc(Oc2ccccc2)c1. The Bertz CT molecular complexity index is 496. The molecule has 0 aliphatic heterocycles. The van der Waals surface area contributed by atoms with E-state index in [1.165, 1.54) is 12.8 Å². The minimum atomic E-state index is 0.483.